The minimum atomic E-state index is 0.104. The molecule has 1 amide bonds. The maximum Gasteiger partial charge on any atom is 0.222 e. The maximum atomic E-state index is 11.3. The fourth-order valence-electron chi connectivity index (χ4n) is 1.78. The molecule has 3 atom stereocenters. The van der Waals surface area contributed by atoms with Crippen LogP contribution in [0.5, 0.6) is 0 Å². The van der Waals surface area contributed by atoms with Crippen LogP contribution in [0, 0.1) is 17.8 Å². The summed E-state index contributed by atoms with van der Waals surface area (Å²) in [4.78, 5) is 11.3. The lowest BCUT2D eigenvalue weighted by atomic mass is 10.2. The fourth-order valence-corrected chi connectivity index (χ4v) is 1.78. The summed E-state index contributed by atoms with van der Waals surface area (Å²) in [6.07, 6.45) is 0. The number of amides is 1. The molecule has 1 saturated carbocycles. The van der Waals surface area contributed by atoms with Gasteiger partial charge in [0.05, 0.1) is 13.2 Å². The highest BCUT2D eigenvalue weighted by atomic mass is 16.5. The molecule has 0 aromatic carbocycles. The lowest BCUT2D eigenvalue weighted by Crippen LogP contribution is -2.33. The van der Waals surface area contributed by atoms with Gasteiger partial charge in [-0.25, -0.2) is 0 Å². The van der Waals surface area contributed by atoms with E-state index in [1.807, 2.05) is 13.8 Å². The molecule has 3 nitrogen and oxygen atoms in total. The molecular weight excluding hydrogens is 154 g/mol. The second-order valence-corrected chi connectivity index (χ2v) is 4.05. The number of ether oxygens (including phenoxy) is 1. The van der Waals surface area contributed by atoms with E-state index in [0.29, 0.717) is 17.9 Å². The molecule has 0 aromatic heterocycles. The normalized spacial score (nSPS) is 38.1. The molecule has 1 N–H and O–H groups in total. The van der Waals surface area contributed by atoms with Crippen LogP contribution in [0.1, 0.15) is 13.8 Å². The lowest BCUT2D eigenvalue weighted by molar-refractivity contribution is -0.124. The first-order valence-electron chi connectivity index (χ1n) is 4.58. The second-order valence-electron chi connectivity index (χ2n) is 4.05. The third-order valence-electron chi connectivity index (χ3n) is 2.79. The zero-order valence-corrected chi connectivity index (χ0v) is 7.54. The Morgan fingerprint density at radius 2 is 2.00 bits per heavy atom. The molecule has 1 heterocycles. The van der Waals surface area contributed by atoms with Gasteiger partial charge >= 0.3 is 0 Å². The Labute approximate surface area is 72.5 Å². The lowest BCUT2D eigenvalue weighted by Gasteiger charge is -2.09. The SMILES string of the molecule is CC(C)C(=O)N[C@H]1[C@@H]2COC[C@@H]21. The molecule has 0 aromatic rings. The highest BCUT2D eigenvalue weighted by Crippen LogP contribution is 2.44. The molecule has 2 fully saturated rings. The summed E-state index contributed by atoms with van der Waals surface area (Å²) >= 11 is 0. The van der Waals surface area contributed by atoms with Crippen molar-refractivity contribution in [1.82, 2.24) is 5.32 Å². The average molecular weight is 169 g/mol. The van der Waals surface area contributed by atoms with E-state index in [9.17, 15) is 4.79 Å². The smallest absolute Gasteiger partial charge is 0.222 e. The Balaban J connectivity index is 1.79. The fraction of sp³-hybridized carbons (Fsp3) is 0.889. The molecule has 0 radical (unpaired) electrons. The van der Waals surface area contributed by atoms with Crippen molar-refractivity contribution in [3.8, 4) is 0 Å². The monoisotopic (exact) mass is 169 g/mol. The second kappa shape index (κ2) is 2.73. The predicted octanol–water partition coefficient (Wildman–Crippen LogP) is 0.403. The van der Waals surface area contributed by atoms with Gasteiger partial charge < -0.3 is 10.1 Å². The molecular formula is C9H15NO2. The van der Waals surface area contributed by atoms with Gasteiger partial charge in [-0.15, -0.1) is 0 Å². The number of hydrogen-bond donors (Lipinski definition) is 1. The zero-order chi connectivity index (χ0) is 8.72. The van der Waals surface area contributed by atoms with E-state index in [1.165, 1.54) is 0 Å². The third-order valence-corrected chi connectivity index (χ3v) is 2.79. The number of carbonyl (C=O) groups is 1. The topological polar surface area (TPSA) is 38.3 Å². The van der Waals surface area contributed by atoms with E-state index in [4.69, 9.17) is 4.74 Å². The Morgan fingerprint density at radius 3 is 2.50 bits per heavy atom. The van der Waals surface area contributed by atoms with Gasteiger partial charge in [0.25, 0.3) is 0 Å². The number of rotatable bonds is 2. The van der Waals surface area contributed by atoms with Crippen molar-refractivity contribution < 1.29 is 9.53 Å². The van der Waals surface area contributed by atoms with E-state index >= 15 is 0 Å². The zero-order valence-electron chi connectivity index (χ0n) is 7.54. The quantitative estimate of drug-likeness (QED) is 0.650. The minimum absolute atomic E-state index is 0.104. The first-order valence-corrected chi connectivity index (χ1v) is 4.58. The molecule has 1 saturated heterocycles. The predicted molar refractivity (Wildman–Crippen MR) is 44.6 cm³/mol. The van der Waals surface area contributed by atoms with Crippen LogP contribution in [-0.4, -0.2) is 25.2 Å². The number of nitrogens with one attached hydrogen (secondary N) is 1. The Morgan fingerprint density at radius 1 is 1.42 bits per heavy atom. The summed E-state index contributed by atoms with van der Waals surface area (Å²) < 4.78 is 5.23. The van der Waals surface area contributed by atoms with Crippen LogP contribution in [0.2, 0.25) is 0 Å². The highest BCUT2D eigenvalue weighted by molar-refractivity contribution is 5.78. The van der Waals surface area contributed by atoms with Crippen molar-refractivity contribution in [2.75, 3.05) is 13.2 Å². The minimum Gasteiger partial charge on any atom is -0.381 e. The standard InChI is InChI=1S/C9H15NO2/c1-5(2)9(11)10-8-6-3-12-4-7(6)8/h5-8H,3-4H2,1-2H3,(H,10,11)/t6-,7+,8+. The van der Waals surface area contributed by atoms with Crippen molar-refractivity contribution in [2.45, 2.75) is 19.9 Å². The van der Waals surface area contributed by atoms with Crippen LogP contribution < -0.4 is 5.32 Å². The summed E-state index contributed by atoms with van der Waals surface area (Å²) in [6.45, 7) is 5.52. The molecule has 0 bridgehead atoms. The largest absolute Gasteiger partial charge is 0.381 e. The molecule has 1 aliphatic heterocycles. The molecule has 12 heavy (non-hydrogen) atoms. The Bertz CT molecular complexity index is 193. The van der Waals surface area contributed by atoms with Crippen LogP contribution in [0.3, 0.4) is 0 Å². The van der Waals surface area contributed by atoms with Crippen molar-refractivity contribution in [1.29, 1.82) is 0 Å². The summed E-state index contributed by atoms with van der Waals surface area (Å²) in [7, 11) is 0. The first kappa shape index (κ1) is 8.05. The van der Waals surface area contributed by atoms with Gasteiger partial charge in [-0.05, 0) is 0 Å². The molecule has 0 unspecified atom stereocenters. The number of fused-ring (bicyclic) bond motifs is 1. The summed E-state index contributed by atoms with van der Waals surface area (Å²) in [5.41, 5.74) is 0. The van der Waals surface area contributed by atoms with Crippen molar-refractivity contribution >= 4 is 5.91 Å². The van der Waals surface area contributed by atoms with E-state index in [-0.39, 0.29) is 11.8 Å². The number of carbonyl (C=O) groups excluding carboxylic acids is 1. The van der Waals surface area contributed by atoms with Crippen LogP contribution in [0.25, 0.3) is 0 Å². The molecule has 68 valence electrons. The maximum absolute atomic E-state index is 11.3. The average Bonchev–Trinajstić information content (AvgIpc) is 2.46. The molecule has 3 heteroatoms. The molecule has 2 aliphatic rings. The van der Waals surface area contributed by atoms with Gasteiger partial charge in [-0.2, -0.15) is 0 Å². The van der Waals surface area contributed by atoms with Gasteiger partial charge in [0, 0.05) is 23.8 Å². The van der Waals surface area contributed by atoms with Gasteiger partial charge in [0.15, 0.2) is 0 Å². The summed E-state index contributed by atoms with van der Waals surface area (Å²) in [5, 5.41) is 3.04. The van der Waals surface area contributed by atoms with E-state index in [2.05, 4.69) is 5.32 Å². The van der Waals surface area contributed by atoms with Gasteiger partial charge in [0.1, 0.15) is 0 Å². The summed E-state index contributed by atoms with van der Waals surface area (Å²) in [6, 6.07) is 0.425. The van der Waals surface area contributed by atoms with Gasteiger partial charge in [0.2, 0.25) is 5.91 Å². The molecule has 1 aliphatic carbocycles. The van der Waals surface area contributed by atoms with Crippen molar-refractivity contribution in [2.24, 2.45) is 17.8 Å². The summed E-state index contributed by atoms with van der Waals surface area (Å²) in [5.74, 6) is 1.52. The van der Waals surface area contributed by atoms with Crippen molar-refractivity contribution in [3.63, 3.8) is 0 Å². The Hall–Kier alpha value is -0.570. The third kappa shape index (κ3) is 1.22. The van der Waals surface area contributed by atoms with E-state index in [0.717, 1.165) is 13.2 Å². The van der Waals surface area contributed by atoms with Gasteiger partial charge in [-0.1, -0.05) is 13.8 Å². The van der Waals surface area contributed by atoms with Gasteiger partial charge in [-0.3, -0.25) is 4.79 Å². The van der Waals surface area contributed by atoms with E-state index < -0.39 is 0 Å². The first-order chi connectivity index (χ1) is 5.70. The molecule has 2 rings (SSSR count). The van der Waals surface area contributed by atoms with Crippen molar-refractivity contribution in [3.05, 3.63) is 0 Å². The van der Waals surface area contributed by atoms with Crippen LogP contribution in [0.4, 0.5) is 0 Å². The highest BCUT2D eigenvalue weighted by Gasteiger charge is 2.54. The Kier molecular flexibility index (Phi) is 1.83. The van der Waals surface area contributed by atoms with Crippen LogP contribution in [-0.2, 0) is 9.53 Å². The van der Waals surface area contributed by atoms with E-state index in [1.54, 1.807) is 0 Å². The number of hydrogen-bond acceptors (Lipinski definition) is 2. The molecule has 0 spiro atoms. The van der Waals surface area contributed by atoms with Crippen LogP contribution >= 0.6 is 0 Å². The van der Waals surface area contributed by atoms with Crippen LogP contribution in [0.15, 0.2) is 0 Å².